The molecule has 0 N–H and O–H groups in total. The van der Waals surface area contributed by atoms with Gasteiger partial charge < -0.3 is 4.74 Å². The van der Waals surface area contributed by atoms with Gasteiger partial charge in [-0.05, 0) is 35.4 Å². The fraction of sp³-hybridized carbons (Fsp3) is 0.217. The van der Waals surface area contributed by atoms with E-state index < -0.39 is 0 Å². The number of hydrogen-bond acceptors (Lipinski definition) is 4. The van der Waals surface area contributed by atoms with E-state index in [-0.39, 0.29) is 12.5 Å². The molecular weight excluding hydrogens is 368 g/mol. The quantitative estimate of drug-likeness (QED) is 0.636. The molecule has 0 aromatic heterocycles. The minimum Gasteiger partial charge on any atom is -0.484 e. The van der Waals surface area contributed by atoms with Crippen LogP contribution in [0.3, 0.4) is 0 Å². The predicted octanol–water partition coefficient (Wildman–Crippen LogP) is 4.66. The standard InChI is InChI=1S/C23H22N2O2S/c1-17-5-4-6-18(13-17)16-28-23-24-11-12-25(23)22(26)15-27-21-10-9-19-7-2-3-8-20(19)14-21/h2-10,13-14H,11-12,15-16H2,1H3. The monoisotopic (exact) mass is 390 g/mol. The van der Waals surface area contributed by atoms with E-state index in [1.54, 1.807) is 16.7 Å². The maximum atomic E-state index is 12.7. The first kappa shape index (κ1) is 18.6. The fourth-order valence-corrected chi connectivity index (χ4v) is 4.22. The summed E-state index contributed by atoms with van der Waals surface area (Å²) in [5.74, 6) is 1.45. The Kier molecular flexibility index (Phi) is 5.63. The van der Waals surface area contributed by atoms with Gasteiger partial charge in [-0.3, -0.25) is 14.7 Å². The Morgan fingerprint density at radius 2 is 1.93 bits per heavy atom. The van der Waals surface area contributed by atoms with E-state index in [0.717, 1.165) is 21.7 Å². The molecule has 1 heterocycles. The number of thioether (sulfide) groups is 1. The van der Waals surface area contributed by atoms with Gasteiger partial charge in [0.25, 0.3) is 5.91 Å². The van der Waals surface area contributed by atoms with Crippen molar-refractivity contribution in [3.05, 3.63) is 77.9 Å². The highest BCUT2D eigenvalue weighted by molar-refractivity contribution is 8.13. The van der Waals surface area contributed by atoms with E-state index in [1.807, 2.05) is 36.4 Å². The van der Waals surface area contributed by atoms with Crippen LogP contribution in [0, 0.1) is 6.92 Å². The zero-order valence-corrected chi connectivity index (χ0v) is 16.6. The van der Waals surface area contributed by atoms with Crippen molar-refractivity contribution in [1.82, 2.24) is 4.90 Å². The Labute approximate surface area is 169 Å². The van der Waals surface area contributed by atoms with Crippen molar-refractivity contribution in [3.8, 4) is 5.75 Å². The molecule has 28 heavy (non-hydrogen) atoms. The first-order valence-electron chi connectivity index (χ1n) is 9.34. The second-order valence-corrected chi connectivity index (χ2v) is 7.73. The van der Waals surface area contributed by atoms with Crippen molar-refractivity contribution in [3.63, 3.8) is 0 Å². The molecule has 0 saturated heterocycles. The van der Waals surface area contributed by atoms with Crippen molar-refractivity contribution < 1.29 is 9.53 Å². The van der Waals surface area contributed by atoms with Crippen molar-refractivity contribution in [2.45, 2.75) is 12.7 Å². The smallest absolute Gasteiger partial charge is 0.266 e. The normalized spacial score (nSPS) is 13.6. The summed E-state index contributed by atoms with van der Waals surface area (Å²) in [5, 5.41) is 3.04. The van der Waals surface area contributed by atoms with Gasteiger partial charge >= 0.3 is 0 Å². The number of carbonyl (C=O) groups excluding carboxylic acids is 1. The summed E-state index contributed by atoms with van der Waals surface area (Å²) < 4.78 is 5.76. The van der Waals surface area contributed by atoms with Gasteiger partial charge in [0.05, 0.1) is 6.54 Å². The zero-order chi connectivity index (χ0) is 19.3. The van der Waals surface area contributed by atoms with Crippen LogP contribution in [0.2, 0.25) is 0 Å². The number of amides is 1. The first-order chi connectivity index (χ1) is 13.7. The topological polar surface area (TPSA) is 41.9 Å². The molecule has 0 saturated carbocycles. The van der Waals surface area contributed by atoms with Crippen LogP contribution in [0.25, 0.3) is 10.8 Å². The summed E-state index contributed by atoms with van der Waals surface area (Å²) in [6, 6.07) is 22.4. The molecule has 0 spiro atoms. The minimum atomic E-state index is -0.0545. The highest BCUT2D eigenvalue weighted by Crippen LogP contribution is 2.22. The summed E-state index contributed by atoms with van der Waals surface area (Å²) in [6.45, 7) is 3.37. The van der Waals surface area contributed by atoms with E-state index >= 15 is 0 Å². The molecule has 5 heteroatoms. The van der Waals surface area contributed by atoms with Crippen molar-refractivity contribution in [2.24, 2.45) is 4.99 Å². The summed E-state index contributed by atoms with van der Waals surface area (Å²) in [7, 11) is 0. The molecule has 4 rings (SSSR count). The van der Waals surface area contributed by atoms with E-state index in [4.69, 9.17) is 4.74 Å². The third-order valence-corrected chi connectivity index (χ3v) is 5.72. The van der Waals surface area contributed by atoms with E-state index in [0.29, 0.717) is 18.8 Å². The molecule has 0 radical (unpaired) electrons. The Morgan fingerprint density at radius 3 is 2.79 bits per heavy atom. The molecule has 0 unspecified atom stereocenters. The second-order valence-electron chi connectivity index (χ2n) is 6.79. The van der Waals surface area contributed by atoms with Gasteiger partial charge in [-0.2, -0.15) is 0 Å². The van der Waals surface area contributed by atoms with Crippen LogP contribution in [0.4, 0.5) is 0 Å². The van der Waals surface area contributed by atoms with Crippen LogP contribution in [0.15, 0.2) is 71.7 Å². The minimum absolute atomic E-state index is 0.0162. The van der Waals surface area contributed by atoms with Gasteiger partial charge in [-0.1, -0.05) is 71.9 Å². The van der Waals surface area contributed by atoms with E-state index in [1.165, 1.54) is 11.1 Å². The number of aryl methyl sites for hydroxylation is 1. The average Bonchev–Trinajstić information content (AvgIpc) is 3.19. The number of aliphatic imine (C=N–C) groups is 1. The summed E-state index contributed by atoms with van der Waals surface area (Å²) in [5.41, 5.74) is 2.47. The molecule has 0 atom stereocenters. The predicted molar refractivity (Wildman–Crippen MR) is 116 cm³/mol. The zero-order valence-electron chi connectivity index (χ0n) is 15.8. The Hall–Kier alpha value is -2.79. The molecule has 4 nitrogen and oxygen atoms in total. The fourth-order valence-electron chi connectivity index (χ4n) is 3.21. The second kappa shape index (κ2) is 8.48. The molecule has 1 aliphatic rings. The Bertz CT molecular complexity index is 1030. The van der Waals surface area contributed by atoms with Gasteiger partial charge in [0.2, 0.25) is 0 Å². The van der Waals surface area contributed by atoms with Gasteiger partial charge in [0.15, 0.2) is 11.8 Å². The van der Waals surface area contributed by atoms with Crippen LogP contribution < -0.4 is 4.74 Å². The molecule has 0 bridgehead atoms. The highest BCUT2D eigenvalue weighted by atomic mass is 32.2. The number of carbonyl (C=O) groups is 1. The molecule has 0 fully saturated rings. The first-order valence-corrected chi connectivity index (χ1v) is 10.3. The molecule has 1 amide bonds. The molecular formula is C23H22N2O2S. The highest BCUT2D eigenvalue weighted by Gasteiger charge is 2.24. The third kappa shape index (κ3) is 4.37. The molecule has 1 aliphatic heterocycles. The molecule has 142 valence electrons. The summed E-state index contributed by atoms with van der Waals surface area (Å²) >= 11 is 1.61. The van der Waals surface area contributed by atoms with Crippen molar-refractivity contribution >= 4 is 33.6 Å². The molecule has 0 aliphatic carbocycles. The van der Waals surface area contributed by atoms with Gasteiger partial charge in [0, 0.05) is 12.3 Å². The van der Waals surface area contributed by atoms with Crippen LogP contribution in [-0.2, 0) is 10.5 Å². The summed E-state index contributed by atoms with van der Waals surface area (Å²) in [4.78, 5) is 18.9. The Balaban J connectivity index is 1.34. The number of ether oxygens (including phenoxy) is 1. The Morgan fingerprint density at radius 1 is 1.07 bits per heavy atom. The average molecular weight is 391 g/mol. The van der Waals surface area contributed by atoms with Crippen molar-refractivity contribution in [1.29, 1.82) is 0 Å². The lowest BCUT2D eigenvalue weighted by atomic mass is 10.1. The largest absolute Gasteiger partial charge is 0.484 e. The lowest BCUT2D eigenvalue weighted by molar-refractivity contribution is -0.128. The number of fused-ring (bicyclic) bond motifs is 1. The number of benzene rings is 3. The van der Waals surface area contributed by atoms with Gasteiger partial charge in [0.1, 0.15) is 5.75 Å². The van der Waals surface area contributed by atoms with Gasteiger partial charge in [-0.15, -0.1) is 0 Å². The van der Waals surface area contributed by atoms with Crippen LogP contribution in [-0.4, -0.2) is 35.7 Å². The number of nitrogens with zero attached hydrogens (tertiary/aromatic N) is 2. The molecule has 3 aromatic rings. The SMILES string of the molecule is Cc1cccc(CSC2=NCCN2C(=O)COc2ccc3ccccc3c2)c1. The maximum absolute atomic E-state index is 12.7. The van der Waals surface area contributed by atoms with Crippen LogP contribution >= 0.6 is 11.8 Å². The summed E-state index contributed by atoms with van der Waals surface area (Å²) in [6.07, 6.45) is 0. The third-order valence-electron chi connectivity index (χ3n) is 4.64. The molecule has 3 aromatic carbocycles. The van der Waals surface area contributed by atoms with Gasteiger partial charge in [-0.25, -0.2) is 0 Å². The maximum Gasteiger partial charge on any atom is 0.266 e. The number of hydrogen-bond donors (Lipinski definition) is 0. The van der Waals surface area contributed by atoms with Crippen molar-refractivity contribution in [2.75, 3.05) is 19.7 Å². The lowest BCUT2D eigenvalue weighted by Crippen LogP contribution is -2.36. The van der Waals surface area contributed by atoms with Crippen LogP contribution in [0.1, 0.15) is 11.1 Å². The number of amidine groups is 1. The van der Waals surface area contributed by atoms with E-state index in [2.05, 4.69) is 42.2 Å². The van der Waals surface area contributed by atoms with Crippen LogP contribution in [0.5, 0.6) is 5.75 Å². The lowest BCUT2D eigenvalue weighted by Gasteiger charge is -2.18. The number of rotatable bonds is 5. The van der Waals surface area contributed by atoms with E-state index in [9.17, 15) is 4.79 Å².